The van der Waals surface area contributed by atoms with Gasteiger partial charge in [-0.2, -0.15) is 0 Å². The maximum absolute atomic E-state index is 12.2. The molecule has 128 valence electrons. The third-order valence-corrected chi connectivity index (χ3v) is 3.98. The van der Waals surface area contributed by atoms with E-state index in [1.165, 1.54) is 6.08 Å². The van der Waals surface area contributed by atoms with E-state index in [0.717, 1.165) is 0 Å². The molecule has 0 spiro atoms. The van der Waals surface area contributed by atoms with Gasteiger partial charge in [0.25, 0.3) is 0 Å². The van der Waals surface area contributed by atoms with E-state index in [1.807, 2.05) is 41.5 Å². The maximum Gasteiger partial charge on any atom is 0.309 e. The van der Waals surface area contributed by atoms with E-state index in [9.17, 15) is 9.59 Å². The molecule has 0 aromatic heterocycles. The lowest BCUT2D eigenvalue weighted by Gasteiger charge is -2.32. The van der Waals surface area contributed by atoms with Gasteiger partial charge in [-0.15, -0.1) is 0 Å². The minimum absolute atomic E-state index is 0.137. The largest absolute Gasteiger partial charge is 0.459 e. The highest BCUT2D eigenvalue weighted by Crippen LogP contribution is 2.29. The number of carbonyl (C=O) groups excluding carboxylic acids is 2. The molecule has 0 amide bonds. The van der Waals surface area contributed by atoms with Gasteiger partial charge in [-0.1, -0.05) is 34.3 Å². The molecule has 0 aliphatic heterocycles. The number of carbonyl (C=O) groups is 2. The van der Waals surface area contributed by atoms with Crippen molar-refractivity contribution in [3.8, 4) is 0 Å². The van der Waals surface area contributed by atoms with Crippen molar-refractivity contribution in [3.63, 3.8) is 0 Å². The van der Waals surface area contributed by atoms with Crippen LogP contribution in [-0.4, -0.2) is 29.6 Å². The fourth-order valence-corrected chi connectivity index (χ4v) is 1.63. The van der Waals surface area contributed by atoms with E-state index in [1.54, 1.807) is 13.8 Å². The Morgan fingerprint density at radius 2 is 1.59 bits per heavy atom. The second-order valence-corrected chi connectivity index (χ2v) is 7.95. The molecular weight excluding hydrogens is 280 g/mol. The normalized spacial score (nSPS) is 14.4. The SMILES string of the molecule is C=CC(=O)C(C)(C)OCCC(C)(C)OC(=O)C(C)C(C)(C)C. The minimum atomic E-state index is -0.902. The topological polar surface area (TPSA) is 52.6 Å². The summed E-state index contributed by atoms with van der Waals surface area (Å²) < 4.78 is 11.2. The summed E-state index contributed by atoms with van der Waals surface area (Å²) in [5.41, 5.74) is -1.67. The highest BCUT2D eigenvalue weighted by atomic mass is 16.6. The lowest BCUT2D eigenvalue weighted by Crippen LogP contribution is -2.38. The van der Waals surface area contributed by atoms with Crippen LogP contribution in [0.15, 0.2) is 12.7 Å². The lowest BCUT2D eigenvalue weighted by atomic mass is 9.82. The monoisotopic (exact) mass is 312 g/mol. The van der Waals surface area contributed by atoms with Gasteiger partial charge in [-0.25, -0.2) is 0 Å². The summed E-state index contributed by atoms with van der Waals surface area (Å²) in [7, 11) is 0. The Bertz CT molecular complexity index is 413. The first-order valence-corrected chi connectivity index (χ1v) is 7.76. The first kappa shape index (κ1) is 20.8. The van der Waals surface area contributed by atoms with Crippen LogP contribution in [0.4, 0.5) is 0 Å². The molecule has 0 radical (unpaired) electrons. The highest BCUT2D eigenvalue weighted by molar-refractivity contribution is 5.95. The average Bonchev–Trinajstić information content (AvgIpc) is 2.34. The predicted octanol–water partition coefficient (Wildman–Crippen LogP) is 3.93. The van der Waals surface area contributed by atoms with Crippen molar-refractivity contribution in [2.24, 2.45) is 11.3 Å². The van der Waals surface area contributed by atoms with Gasteiger partial charge in [-0.05, 0) is 39.2 Å². The predicted molar refractivity (Wildman–Crippen MR) is 88.6 cm³/mol. The molecule has 22 heavy (non-hydrogen) atoms. The Morgan fingerprint density at radius 1 is 1.09 bits per heavy atom. The summed E-state index contributed by atoms with van der Waals surface area (Å²) in [6.07, 6.45) is 1.78. The highest BCUT2D eigenvalue weighted by Gasteiger charge is 2.33. The van der Waals surface area contributed by atoms with Gasteiger partial charge >= 0.3 is 5.97 Å². The van der Waals surface area contributed by atoms with Gasteiger partial charge in [0.05, 0.1) is 12.5 Å². The zero-order chi connectivity index (χ0) is 17.8. The Balaban J connectivity index is 4.51. The molecular formula is C18H32O4. The Kier molecular flexibility index (Phi) is 7.01. The van der Waals surface area contributed by atoms with Crippen LogP contribution < -0.4 is 0 Å². The molecule has 0 bridgehead atoms. The van der Waals surface area contributed by atoms with E-state index >= 15 is 0 Å². The van der Waals surface area contributed by atoms with Crippen molar-refractivity contribution >= 4 is 11.8 Å². The summed E-state index contributed by atoms with van der Waals surface area (Å²) in [6.45, 7) is 18.8. The Morgan fingerprint density at radius 3 is 2.00 bits per heavy atom. The Hall–Kier alpha value is -1.16. The van der Waals surface area contributed by atoms with Crippen molar-refractivity contribution in [2.75, 3.05) is 6.61 Å². The molecule has 0 heterocycles. The smallest absolute Gasteiger partial charge is 0.309 e. The van der Waals surface area contributed by atoms with Crippen LogP contribution in [0.3, 0.4) is 0 Å². The number of hydrogen-bond donors (Lipinski definition) is 0. The molecule has 0 rings (SSSR count). The maximum atomic E-state index is 12.2. The van der Waals surface area contributed by atoms with Crippen molar-refractivity contribution in [1.82, 2.24) is 0 Å². The third-order valence-electron chi connectivity index (χ3n) is 3.98. The van der Waals surface area contributed by atoms with Crippen LogP contribution in [0.5, 0.6) is 0 Å². The number of rotatable bonds is 8. The van der Waals surface area contributed by atoms with Crippen LogP contribution in [-0.2, 0) is 19.1 Å². The van der Waals surface area contributed by atoms with Crippen LogP contribution in [0.25, 0.3) is 0 Å². The lowest BCUT2D eigenvalue weighted by molar-refractivity contribution is -0.167. The van der Waals surface area contributed by atoms with E-state index in [4.69, 9.17) is 9.47 Å². The minimum Gasteiger partial charge on any atom is -0.459 e. The summed E-state index contributed by atoms with van der Waals surface area (Å²) in [4.78, 5) is 23.8. The van der Waals surface area contributed by atoms with Gasteiger partial charge in [0.1, 0.15) is 11.2 Å². The van der Waals surface area contributed by atoms with Crippen LogP contribution in [0.1, 0.15) is 61.8 Å². The second kappa shape index (κ2) is 7.40. The summed E-state index contributed by atoms with van der Waals surface area (Å²) in [6, 6.07) is 0. The van der Waals surface area contributed by atoms with Crippen molar-refractivity contribution < 1.29 is 19.1 Å². The molecule has 0 saturated heterocycles. The fraction of sp³-hybridized carbons (Fsp3) is 0.778. The van der Waals surface area contributed by atoms with E-state index in [0.29, 0.717) is 13.0 Å². The van der Waals surface area contributed by atoms with Gasteiger partial charge in [0.2, 0.25) is 0 Å². The van der Waals surface area contributed by atoms with Crippen molar-refractivity contribution in [2.45, 2.75) is 73.0 Å². The molecule has 0 saturated carbocycles. The molecule has 0 aromatic rings. The van der Waals surface area contributed by atoms with Gasteiger partial charge in [0, 0.05) is 6.42 Å². The third kappa shape index (κ3) is 6.73. The standard InChI is InChI=1S/C18H32O4/c1-10-14(19)18(8,9)21-12-11-17(6,7)22-15(20)13(2)16(3,4)5/h10,13H,1,11-12H2,2-9H3. The molecule has 0 aliphatic rings. The van der Waals surface area contributed by atoms with Gasteiger partial charge in [-0.3, -0.25) is 9.59 Å². The number of ether oxygens (including phenoxy) is 2. The number of esters is 1. The van der Waals surface area contributed by atoms with E-state index in [2.05, 4.69) is 6.58 Å². The van der Waals surface area contributed by atoms with Gasteiger partial charge in [0.15, 0.2) is 5.78 Å². The summed E-state index contributed by atoms with van der Waals surface area (Å²) in [5, 5.41) is 0. The molecule has 0 aliphatic carbocycles. The van der Waals surface area contributed by atoms with Gasteiger partial charge < -0.3 is 9.47 Å². The molecule has 1 atom stereocenters. The molecule has 4 nitrogen and oxygen atoms in total. The average molecular weight is 312 g/mol. The first-order valence-electron chi connectivity index (χ1n) is 7.76. The van der Waals surface area contributed by atoms with E-state index in [-0.39, 0.29) is 23.1 Å². The number of hydrogen-bond acceptors (Lipinski definition) is 4. The number of ketones is 1. The first-order chi connectivity index (χ1) is 9.73. The van der Waals surface area contributed by atoms with Crippen LogP contribution in [0, 0.1) is 11.3 Å². The van der Waals surface area contributed by atoms with Crippen LogP contribution >= 0.6 is 0 Å². The molecule has 4 heteroatoms. The summed E-state index contributed by atoms with van der Waals surface area (Å²) >= 11 is 0. The summed E-state index contributed by atoms with van der Waals surface area (Å²) in [5.74, 6) is -0.561. The zero-order valence-corrected chi connectivity index (χ0v) is 15.4. The fourth-order valence-electron chi connectivity index (χ4n) is 1.63. The molecule has 0 fully saturated rings. The van der Waals surface area contributed by atoms with Crippen molar-refractivity contribution in [3.05, 3.63) is 12.7 Å². The van der Waals surface area contributed by atoms with Crippen molar-refractivity contribution in [1.29, 1.82) is 0 Å². The van der Waals surface area contributed by atoms with E-state index < -0.39 is 11.2 Å². The Labute approximate surface area is 135 Å². The molecule has 0 N–H and O–H groups in total. The molecule has 1 unspecified atom stereocenters. The quantitative estimate of drug-likeness (QED) is 0.503. The second-order valence-electron chi connectivity index (χ2n) is 7.95. The molecule has 0 aromatic carbocycles. The zero-order valence-electron chi connectivity index (χ0n) is 15.4. The van der Waals surface area contributed by atoms with Crippen LogP contribution in [0.2, 0.25) is 0 Å².